The number of nitrogens with one attached hydrogen (secondary N) is 1. The molecule has 1 unspecified atom stereocenters. The molecule has 134 valence electrons. The average Bonchev–Trinajstić information content (AvgIpc) is 2.66. The summed E-state index contributed by atoms with van der Waals surface area (Å²) in [6, 6.07) is 18.0. The van der Waals surface area contributed by atoms with Gasteiger partial charge in [0.2, 0.25) is 0 Å². The first-order valence-electron chi connectivity index (χ1n) is 8.83. The van der Waals surface area contributed by atoms with Crippen molar-refractivity contribution in [3.8, 4) is 0 Å². The molecule has 1 N–H and O–H groups in total. The number of nitrogens with zero attached hydrogens (tertiary/aromatic N) is 1. The van der Waals surface area contributed by atoms with Crippen LogP contribution in [0.4, 0.5) is 4.79 Å². The van der Waals surface area contributed by atoms with Crippen molar-refractivity contribution in [2.75, 3.05) is 14.1 Å². The quantitative estimate of drug-likeness (QED) is 0.657. The standard InChI is InChI=1S/C21H27ClN2O/c1-4-5-9-16-21(24(3)20(25)23-2,17-10-7-6-8-11-17)18-12-14-19(22)15-13-18/h6-8,10-15H,4-5,9,16H2,1-3H3,(H,23,25). The van der Waals surface area contributed by atoms with Gasteiger partial charge in [-0.2, -0.15) is 0 Å². The molecule has 0 fully saturated rings. The minimum atomic E-state index is -0.527. The van der Waals surface area contributed by atoms with E-state index < -0.39 is 5.54 Å². The molecule has 0 heterocycles. The third kappa shape index (κ3) is 4.16. The Kier molecular flexibility index (Phi) is 6.89. The molecule has 0 aliphatic rings. The molecular formula is C21H27ClN2O. The van der Waals surface area contributed by atoms with Crippen molar-refractivity contribution in [1.82, 2.24) is 10.2 Å². The van der Waals surface area contributed by atoms with Gasteiger partial charge in [0, 0.05) is 19.1 Å². The highest BCUT2D eigenvalue weighted by atomic mass is 35.5. The molecule has 0 saturated carbocycles. The Hall–Kier alpha value is -2.00. The maximum atomic E-state index is 12.6. The summed E-state index contributed by atoms with van der Waals surface area (Å²) in [7, 11) is 3.54. The lowest BCUT2D eigenvalue weighted by Gasteiger charge is -2.43. The van der Waals surface area contributed by atoms with Crippen LogP contribution in [0.2, 0.25) is 5.02 Å². The molecule has 0 aliphatic carbocycles. The third-order valence-corrected chi connectivity index (χ3v) is 5.06. The number of hydrogen-bond donors (Lipinski definition) is 1. The van der Waals surface area contributed by atoms with E-state index in [1.165, 1.54) is 0 Å². The minimum absolute atomic E-state index is 0.102. The summed E-state index contributed by atoms with van der Waals surface area (Å²) in [5, 5.41) is 3.47. The number of unbranched alkanes of at least 4 members (excludes halogenated alkanes) is 2. The fourth-order valence-corrected chi connectivity index (χ4v) is 3.55. The van der Waals surface area contributed by atoms with Gasteiger partial charge in [0.25, 0.3) is 0 Å². The van der Waals surface area contributed by atoms with Gasteiger partial charge in [0.05, 0.1) is 5.54 Å². The van der Waals surface area contributed by atoms with Crippen molar-refractivity contribution in [1.29, 1.82) is 0 Å². The Morgan fingerprint density at radius 1 is 1.04 bits per heavy atom. The Labute approximate surface area is 156 Å². The predicted molar refractivity (Wildman–Crippen MR) is 105 cm³/mol. The molecule has 3 nitrogen and oxygen atoms in total. The summed E-state index contributed by atoms with van der Waals surface area (Å²) >= 11 is 6.11. The van der Waals surface area contributed by atoms with Gasteiger partial charge in [-0.1, -0.05) is 80.3 Å². The van der Waals surface area contributed by atoms with Crippen LogP contribution in [0.15, 0.2) is 54.6 Å². The van der Waals surface area contributed by atoms with Gasteiger partial charge in [0.1, 0.15) is 0 Å². The summed E-state index contributed by atoms with van der Waals surface area (Å²) in [6.07, 6.45) is 4.16. The predicted octanol–water partition coefficient (Wildman–Crippen LogP) is 5.44. The second-order valence-electron chi connectivity index (χ2n) is 6.30. The molecule has 1 atom stereocenters. The van der Waals surface area contributed by atoms with Gasteiger partial charge in [-0.25, -0.2) is 4.79 Å². The fourth-order valence-electron chi connectivity index (χ4n) is 3.42. The summed E-state index contributed by atoms with van der Waals surface area (Å²) in [4.78, 5) is 14.4. The van der Waals surface area contributed by atoms with Gasteiger partial charge in [-0.3, -0.25) is 0 Å². The highest BCUT2D eigenvalue weighted by Crippen LogP contribution is 2.40. The SMILES string of the molecule is CCCCCC(c1ccccc1)(c1ccc(Cl)cc1)N(C)C(=O)NC. The molecule has 0 radical (unpaired) electrons. The molecule has 0 aliphatic heterocycles. The molecule has 2 aromatic rings. The van der Waals surface area contributed by atoms with E-state index in [0.717, 1.165) is 36.8 Å². The summed E-state index contributed by atoms with van der Waals surface area (Å²) in [5.41, 5.74) is 1.66. The monoisotopic (exact) mass is 358 g/mol. The highest BCUT2D eigenvalue weighted by Gasteiger charge is 2.40. The number of rotatable bonds is 7. The van der Waals surface area contributed by atoms with Crippen molar-refractivity contribution < 1.29 is 4.79 Å². The molecule has 0 aromatic heterocycles. The van der Waals surface area contributed by atoms with Crippen molar-refractivity contribution in [2.45, 2.75) is 38.1 Å². The number of benzene rings is 2. The molecule has 4 heteroatoms. The first kappa shape index (κ1) is 19.3. The van der Waals surface area contributed by atoms with Crippen molar-refractivity contribution >= 4 is 17.6 Å². The van der Waals surface area contributed by atoms with E-state index in [9.17, 15) is 4.79 Å². The lowest BCUT2D eigenvalue weighted by Crippen LogP contribution is -2.51. The number of amides is 2. The molecule has 0 bridgehead atoms. The van der Waals surface area contributed by atoms with E-state index in [1.807, 2.05) is 54.4 Å². The molecule has 2 rings (SSSR count). The number of halogens is 1. The van der Waals surface area contributed by atoms with Crippen LogP contribution in [0.1, 0.15) is 43.7 Å². The topological polar surface area (TPSA) is 32.3 Å². The highest BCUT2D eigenvalue weighted by molar-refractivity contribution is 6.30. The van der Waals surface area contributed by atoms with E-state index in [2.05, 4.69) is 24.4 Å². The van der Waals surface area contributed by atoms with Crippen LogP contribution in [0.25, 0.3) is 0 Å². The molecule has 2 amide bonds. The van der Waals surface area contributed by atoms with Crippen LogP contribution in [0.3, 0.4) is 0 Å². The maximum absolute atomic E-state index is 12.6. The van der Waals surface area contributed by atoms with Crippen LogP contribution >= 0.6 is 11.6 Å². The Morgan fingerprint density at radius 2 is 1.64 bits per heavy atom. The number of carbonyl (C=O) groups is 1. The second-order valence-corrected chi connectivity index (χ2v) is 6.74. The lowest BCUT2D eigenvalue weighted by atomic mass is 9.77. The number of hydrogen-bond acceptors (Lipinski definition) is 1. The maximum Gasteiger partial charge on any atom is 0.317 e. The van der Waals surface area contributed by atoms with E-state index in [-0.39, 0.29) is 6.03 Å². The lowest BCUT2D eigenvalue weighted by molar-refractivity contribution is 0.150. The zero-order valence-electron chi connectivity index (χ0n) is 15.3. The average molecular weight is 359 g/mol. The van der Waals surface area contributed by atoms with E-state index in [4.69, 9.17) is 11.6 Å². The van der Waals surface area contributed by atoms with E-state index >= 15 is 0 Å². The number of urea groups is 1. The van der Waals surface area contributed by atoms with Crippen LogP contribution in [-0.2, 0) is 5.54 Å². The minimum Gasteiger partial charge on any atom is -0.341 e. The van der Waals surface area contributed by atoms with Gasteiger partial charge in [0.15, 0.2) is 0 Å². The van der Waals surface area contributed by atoms with Crippen molar-refractivity contribution in [2.24, 2.45) is 0 Å². The zero-order valence-corrected chi connectivity index (χ0v) is 16.0. The van der Waals surface area contributed by atoms with Crippen LogP contribution in [0, 0.1) is 0 Å². The van der Waals surface area contributed by atoms with Crippen LogP contribution < -0.4 is 5.32 Å². The van der Waals surface area contributed by atoms with Crippen molar-refractivity contribution in [3.63, 3.8) is 0 Å². The van der Waals surface area contributed by atoms with E-state index in [1.54, 1.807) is 7.05 Å². The Morgan fingerprint density at radius 3 is 2.20 bits per heavy atom. The summed E-state index contributed by atoms with van der Waals surface area (Å²) in [5.74, 6) is 0. The number of carbonyl (C=O) groups excluding carboxylic acids is 1. The third-order valence-electron chi connectivity index (χ3n) is 4.81. The van der Waals surface area contributed by atoms with Gasteiger partial charge < -0.3 is 10.2 Å². The summed E-state index contributed by atoms with van der Waals surface area (Å²) < 4.78 is 0. The fraction of sp³-hybridized carbons (Fsp3) is 0.381. The smallest absolute Gasteiger partial charge is 0.317 e. The molecular weight excluding hydrogens is 332 g/mol. The van der Waals surface area contributed by atoms with Gasteiger partial charge >= 0.3 is 6.03 Å². The second kappa shape index (κ2) is 8.91. The van der Waals surface area contributed by atoms with Gasteiger partial charge in [-0.05, 0) is 29.7 Å². The first-order chi connectivity index (χ1) is 12.1. The van der Waals surface area contributed by atoms with Crippen molar-refractivity contribution in [3.05, 3.63) is 70.7 Å². The summed E-state index contributed by atoms with van der Waals surface area (Å²) in [6.45, 7) is 2.19. The Bertz CT molecular complexity index is 672. The molecule has 0 spiro atoms. The van der Waals surface area contributed by atoms with Crippen LogP contribution in [-0.4, -0.2) is 25.0 Å². The normalized spacial score (nSPS) is 13.1. The van der Waals surface area contributed by atoms with Crippen LogP contribution in [0.5, 0.6) is 0 Å². The van der Waals surface area contributed by atoms with E-state index in [0.29, 0.717) is 5.02 Å². The molecule has 0 saturated heterocycles. The first-order valence-corrected chi connectivity index (χ1v) is 9.21. The molecule has 2 aromatic carbocycles. The Balaban J connectivity index is 2.63. The molecule has 25 heavy (non-hydrogen) atoms. The van der Waals surface area contributed by atoms with Gasteiger partial charge in [-0.15, -0.1) is 0 Å². The largest absolute Gasteiger partial charge is 0.341 e. The zero-order chi connectivity index (χ0) is 18.3.